The van der Waals surface area contributed by atoms with Crippen LogP contribution in [0.4, 0.5) is 17.3 Å². The third kappa shape index (κ3) is 3.88. The molecule has 0 saturated heterocycles. The van der Waals surface area contributed by atoms with E-state index in [-0.39, 0.29) is 0 Å². The minimum Gasteiger partial charge on any atom is -0.370 e. The van der Waals surface area contributed by atoms with Crippen molar-refractivity contribution in [2.75, 3.05) is 23.4 Å². The molecule has 0 radical (unpaired) electrons. The second kappa shape index (κ2) is 7.31. The van der Waals surface area contributed by atoms with E-state index in [1.54, 1.807) is 18.1 Å². The van der Waals surface area contributed by atoms with Crippen LogP contribution in [0.25, 0.3) is 0 Å². The predicted molar refractivity (Wildman–Crippen MR) is 91.8 cm³/mol. The Hall–Kier alpha value is -1.75. The summed E-state index contributed by atoms with van der Waals surface area (Å²) in [4.78, 5) is 10.0. The first-order valence-corrected chi connectivity index (χ1v) is 8.38. The highest BCUT2D eigenvalue weighted by Crippen LogP contribution is 2.31. The van der Waals surface area contributed by atoms with Crippen molar-refractivity contribution < 1.29 is 0 Å². The Balaban J connectivity index is 2.36. The summed E-state index contributed by atoms with van der Waals surface area (Å²) >= 11 is 1.73. The third-order valence-corrected chi connectivity index (χ3v) is 3.86. The summed E-state index contributed by atoms with van der Waals surface area (Å²) in [5, 5.41) is 6.73. The Morgan fingerprint density at radius 2 is 1.95 bits per heavy atom. The molecule has 21 heavy (non-hydrogen) atoms. The Labute approximate surface area is 130 Å². The summed E-state index contributed by atoms with van der Waals surface area (Å²) in [6.07, 6.45) is 3.68. The number of hydrogen-bond acceptors (Lipinski definition) is 5. The van der Waals surface area contributed by atoms with Gasteiger partial charge in [0.1, 0.15) is 18.0 Å². The minimum absolute atomic E-state index is 0.339. The van der Waals surface area contributed by atoms with Crippen LogP contribution >= 0.6 is 11.8 Å². The van der Waals surface area contributed by atoms with Gasteiger partial charge in [0.2, 0.25) is 0 Å². The van der Waals surface area contributed by atoms with E-state index in [1.165, 1.54) is 4.90 Å². The largest absolute Gasteiger partial charge is 0.370 e. The molecule has 0 fully saturated rings. The van der Waals surface area contributed by atoms with Gasteiger partial charge in [-0.15, -0.1) is 11.8 Å². The van der Waals surface area contributed by atoms with Gasteiger partial charge >= 0.3 is 0 Å². The van der Waals surface area contributed by atoms with Crippen LogP contribution < -0.4 is 10.6 Å². The standard InChI is InChI=1S/C16H22N4S/c1-5-17-15-14(11(2)3)16(19-10-18-15)20-12-7-6-8-13(9-12)21-4/h6-11H,5H2,1-4H3,(H2,17,18,19,20). The molecule has 4 nitrogen and oxygen atoms in total. The van der Waals surface area contributed by atoms with Crippen molar-refractivity contribution in [1.82, 2.24) is 9.97 Å². The van der Waals surface area contributed by atoms with E-state index < -0.39 is 0 Å². The van der Waals surface area contributed by atoms with Gasteiger partial charge in [0.05, 0.1) is 0 Å². The molecule has 2 rings (SSSR count). The molecule has 0 unspecified atom stereocenters. The fourth-order valence-electron chi connectivity index (χ4n) is 2.19. The average Bonchev–Trinajstić information content (AvgIpc) is 2.47. The van der Waals surface area contributed by atoms with Crippen molar-refractivity contribution in [1.29, 1.82) is 0 Å². The SMILES string of the molecule is CCNc1ncnc(Nc2cccc(SC)c2)c1C(C)C. The zero-order valence-corrected chi connectivity index (χ0v) is 13.8. The molecule has 0 saturated carbocycles. The molecular formula is C16H22N4S. The molecule has 0 spiro atoms. The van der Waals surface area contributed by atoms with Crippen molar-refractivity contribution in [2.24, 2.45) is 0 Å². The van der Waals surface area contributed by atoms with Gasteiger partial charge in [0.25, 0.3) is 0 Å². The summed E-state index contributed by atoms with van der Waals surface area (Å²) in [6.45, 7) is 7.23. The molecule has 0 bridgehead atoms. The van der Waals surface area contributed by atoms with E-state index in [0.29, 0.717) is 5.92 Å². The highest BCUT2D eigenvalue weighted by Gasteiger charge is 2.14. The highest BCUT2D eigenvalue weighted by atomic mass is 32.2. The summed E-state index contributed by atoms with van der Waals surface area (Å²) < 4.78 is 0. The number of anilines is 3. The topological polar surface area (TPSA) is 49.8 Å². The Bertz CT molecular complexity index is 599. The second-order valence-electron chi connectivity index (χ2n) is 5.03. The van der Waals surface area contributed by atoms with Crippen LogP contribution in [0.1, 0.15) is 32.3 Å². The zero-order chi connectivity index (χ0) is 15.2. The smallest absolute Gasteiger partial charge is 0.139 e. The Kier molecular flexibility index (Phi) is 5.44. The van der Waals surface area contributed by atoms with Crippen molar-refractivity contribution in [3.8, 4) is 0 Å². The van der Waals surface area contributed by atoms with Crippen molar-refractivity contribution in [3.05, 3.63) is 36.2 Å². The van der Waals surface area contributed by atoms with E-state index in [0.717, 1.165) is 29.4 Å². The van der Waals surface area contributed by atoms with Gasteiger partial charge in [-0.1, -0.05) is 19.9 Å². The highest BCUT2D eigenvalue weighted by molar-refractivity contribution is 7.98. The average molecular weight is 302 g/mol. The van der Waals surface area contributed by atoms with Crippen LogP contribution in [-0.4, -0.2) is 22.8 Å². The van der Waals surface area contributed by atoms with Gasteiger partial charge in [-0.05, 0) is 37.3 Å². The van der Waals surface area contributed by atoms with Gasteiger partial charge in [0, 0.05) is 22.7 Å². The Morgan fingerprint density at radius 3 is 2.62 bits per heavy atom. The first-order valence-electron chi connectivity index (χ1n) is 7.15. The number of rotatable bonds is 6. The molecule has 2 aromatic rings. The molecule has 0 amide bonds. The van der Waals surface area contributed by atoms with Crippen LogP contribution in [0, 0.1) is 0 Å². The number of nitrogens with one attached hydrogen (secondary N) is 2. The molecule has 5 heteroatoms. The van der Waals surface area contributed by atoms with E-state index in [4.69, 9.17) is 0 Å². The number of thioether (sulfide) groups is 1. The van der Waals surface area contributed by atoms with Crippen molar-refractivity contribution in [2.45, 2.75) is 31.6 Å². The first-order chi connectivity index (χ1) is 10.2. The van der Waals surface area contributed by atoms with E-state index in [9.17, 15) is 0 Å². The van der Waals surface area contributed by atoms with Crippen LogP contribution in [-0.2, 0) is 0 Å². The quantitative estimate of drug-likeness (QED) is 0.770. The maximum Gasteiger partial charge on any atom is 0.139 e. The van der Waals surface area contributed by atoms with Crippen LogP contribution in [0.3, 0.4) is 0 Å². The molecule has 0 aliphatic heterocycles. The summed E-state index contributed by atoms with van der Waals surface area (Å²) in [7, 11) is 0. The van der Waals surface area contributed by atoms with Gasteiger partial charge in [0.15, 0.2) is 0 Å². The second-order valence-corrected chi connectivity index (χ2v) is 5.91. The van der Waals surface area contributed by atoms with Gasteiger partial charge < -0.3 is 10.6 Å². The lowest BCUT2D eigenvalue weighted by Crippen LogP contribution is -2.09. The predicted octanol–water partition coefficient (Wildman–Crippen LogP) is 4.50. The lowest BCUT2D eigenvalue weighted by atomic mass is 10.0. The molecule has 1 heterocycles. The van der Waals surface area contributed by atoms with Crippen molar-refractivity contribution >= 4 is 29.1 Å². The summed E-state index contributed by atoms with van der Waals surface area (Å²) in [5.41, 5.74) is 2.17. The number of nitrogens with zero attached hydrogens (tertiary/aromatic N) is 2. The lowest BCUT2D eigenvalue weighted by molar-refractivity contribution is 0.849. The molecule has 1 aromatic carbocycles. The van der Waals surface area contributed by atoms with E-state index in [1.807, 2.05) is 0 Å². The van der Waals surface area contributed by atoms with Gasteiger partial charge in [-0.25, -0.2) is 9.97 Å². The monoisotopic (exact) mass is 302 g/mol. The van der Waals surface area contributed by atoms with Crippen LogP contribution in [0.5, 0.6) is 0 Å². The molecule has 1 aromatic heterocycles. The zero-order valence-electron chi connectivity index (χ0n) is 13.0. The number of hydrogen-bond donors (Lipinski definition) is 2. The molecule has 0 aliphatic carbocycles. The number of aromatic nitrogens is 2. The number of benzene rings is 1. The van der Waals surface area contributed by atoms with E-state index in [2.05, 4.69) is 71.9 Å². The fourth-order valence-corrected chi connectivity index (χ4v) is 2.65. The molecular weight excluding hydrogens is 280 g/mol. The third-order valence-electron chi connectivity index (χ3n) is 3.14. The molecule has 0 aliphatic rings. The van der Waals surface area contributed by atoms with Crippen molar-refractivity contribution in [3.63, 3.8) is 0 Å². The maximum atomic E-state index is 4.42. The Morgan fingerprint density at radius 1 is 1.19 bits per heavy atom. The maximum absolute atomic E-state index is 4.42. The molecule has 2 N–H and O–H groups in total. The van der Waals surface area contributed by atoms with Crippen LogP contribution in [0.15, 0.2) is 35.5 Å². The fraction of sp³-hybridized carbons (Fsp3) is 0.375. The van der Waals surface area contributed by atoms with Gasteiger partial charge in [-0.2, -0.15) is 0 Å². The molecule has 112 valence electrons. The van der Waals surface area contributed by atoms with Gasteiger partial charge in [-0.3, -0.25) is 0 Å². The minimum atomic E-state index is 0.339. The normalized spacial score (nSPS) is 10.7. The summed E-state index contributed by atoms with van der Waals surface area (Å²) in [6, 6.07) is 8.33. The lowest BCUT2D eigenvalue weighted by Gasteiger charge is -2.17. The summed E-state index contributed by atoms with van der Waals surface area (Å²) in [5.74, 6) is 2.12. The first kappa shape index (κ1) is 15.6. The molecule has 0 atom stereocenters. The van der Waals surface area contributed by atoms with Crippen LogP contribution in [0.2, 0.25) is 0 Å². The van der Waals surface area contributed by atoms with E-state index >= 15 is 0 Å².